The van der Waals surface area contributed by atoms with E-state index in [9.17, 15) is 0 Å². The van der Waals surface area contributed by atoms with E-state index < -0.39 is 0 Å². The van der Waals surface area contributed by atoms with Crippen LogP contribution in [0.2, 0.25) is 0 Å². The molecule has 21 heavy (non-hydrogen) atoms. The molecule has 4 unspecified atom stereocenters. The summed E-state index contributed by atoms with van der Waals surface area (Å²) >= 11 is 4.58. The number of thiol groups is 1. The zero-order valence-electron chi connectivity index (χ0n) is 14.2. The summed E-state index contributed by atoms with van der Waals surface area (Å²) in [5.74, 6) is 2.00. The van der Waals surface area contributed by atoms with Crippen LogP contribution in [0.25, 0.3) is 0 Å². The van der Waals surface area contributed by atoms with E-state index in [1.54, 1.807) is 0 Å². The minimum absolute atomic E-state index is 0.464. The fourth-order valence-electron chi connectivity index (χ4n) is 2.90. The SMILES string of the molecule is Cc1ccc(CCCC(CN)CC(C)C(C)C(C)S)cc1. The van der Waals surface area contributed by atoms with Crippen LogP contribution < -0.4 is 5.73 Å². The first-order valence-electron chi connectivity index (χ1n) is 8.37. The molecule has 1 aromatic rings. The molecule has 0 saturated carbocycles. The van der Waals surface area contributed by atoms with Gasteiger partial charge in [-0.25, -0.2) is 0 Å². The van der Waals surface area contributed by atoms with Gasteiger partial charge in [-0.05, 0) is 62.5 Å². The maximum absolute atomic E-state index is 5.98. The molecule has 0 aliphatic rings. The van der Waals surface area contributed by atoms with Gasteiger partial charge in [0.15, 0.2) is 0 Å². The number of hydrogen-bond acceptors (Lipinski definition) is 2. The van der Waals surface area contributed by atoms with Crippen molar-refractivity contribution >= 4 is 12.6 Å². The Morgan fingerprint density at radius 3 is 2.24 bits per heavy atom. The summed E-state index contributed by atoms with van der Waals surface area (Å²) in [4.78, 5) is 0. The fraction of sp³-hybridized carbons (Fsp3) is 0.684. The number of rotatable bonds is 9. The summed E-state index contributed by atoms with van der Waals surface area (Å²) in [6, 6.07) is 8.90. The molecule has 4 atom stereocenters. The van der Waals surface area contributed by atoms with Crippen LogP contribution in [0.15, 0.2) is 24.3 Å². The molecule has 120 valence electrons. The summed E-state index contributed by atoms with van der Waals surface area (Å²) in [5, 5.41) is 0.464. The van der Waals surface area contributed by atoms with Crippen molar-refractivity contribution in [1.29, 1.82) is 0 Å². The van der Waals surface area contributed by atoms with Crippen LogP contribution in [-0.4, -0.2) is 11.8 Å². The van der Waals surface area contributed by atoms with Crippen LogP contribution in [0.3, 0.4) is 0 Å². The topological polar surface area (TPSA) is 26.0 Å². The lowest BCUT2D eigenvalue weighted by Gasteiger charge is -2.26. The minimum atomic E-state index is 0.464. The lowest BCUT2D eigenvalue weighted by atomic mass is 9.83. The second-order valence-electron chi connectivity index (χ2n) is 6.79. The number of aryl methyl sites for hydroxylation is 2. The predicted octanol–water partition coefficient (Wildman–Crippen LogP) is 4.87. The van der Waals surface area contributed by atoms with Crippen LogP contribution in [0.4, 0.5) is 0 Å². The van der Waals surface area contributed by atoms with Gasteiger partial charge in [0.2, 0.25) is 0 Å². The Labute approximate surface area is 137 Å². The van der Waals surface area contributed by atoms with Gasteiger partial charge in [-0.1, -0.05) is 50.6 Å². The van der Waals surface area contributed by atoms with Gasteiger partial charge in [-0.3, -0.25) is 0 Å². The van der Waals surface area contributed by atoms with Gasteiger partial charge >= 0.3 is 0 Å². The molecule has 1 nitrogen and oxygen atoms in total. The van der Waals surface area contributed by atoms with Crippen molar-refractivity contribution in [2.45, 2.75) is 58.6 Å². The van der Waals surface area contributed by atoms with E-state index in [2.05, 4.69) is 64.6 Å². The molecular formula is C19H33NS. The fourth-order valence-corrected chi connectivity index (χ4v) is 3.19. The summed E-state index contributed by atoms with van der Waals surface area (Å²) in [6.45, 7) is 9.80. The second-order valence-corrected chi connectivity index (χ2v) is 7.61. The molecule has 1 aromatic carbocycles. The summed E-state index contributed by atoms with van der Waals surface area (Å²) in [6.07, 6.45) is 4.88. The Balaban J connectivity index is 2.35. The van der Waals surface area contributed by atoms with Gasteiger partial charge in [0.05, 0.1) is 0 Å². The molecule has 0 aromatic heterocycles. The van der Waals surface area contributed by atoms with E-state index in [1.807, 2.05) is 0 Å². The lowest BCUT2D eigenvalue weighted by Crippen LogP contribution is -2.23. The molecule has 0 aliphatic carbocycles. The third-order valence-corrected chi connectivity index (χ3v) is 5.37. The molecule has 0 fully saturated rings. The first-order valence-corrected chi connectivity index (χ1v) is 8.89. The molecule has 2 N–H and O–H groups in total. The third kappa shape index (κ3) is 6.88. The van der Waals surface area contributed by atoms with Gasteiger partial charge in [0, 0.05) is 5.25 Å². The van der Waals surface area contributed by atoms with Crippen molar-refractivity contribution in [2.75, 3.05) is 6.54 Å². The van der Waals surface area contributed by atoms with Gasteiger partial charge in [0.1, 0.15) is 0 Å². The van der Waals surface area contributed by atoms with Gasteiger partial charge in [-0.2, -0.15) is 12.6 Å². The molecule has 0 bridgehead atoms. The second kappa shape index (κ2) is 9.53. The summed E-state index contributed by atoms with van der Waals surface area (Å²) in [5.41, 5.74) is 8.76. The van der Waals surface area contributed by atoms with E-state index in [4.69, 9.17) is 5.73 Å². The maximum atomic E-state index is 5.98. The minimum Gasteiger partial charge on any atom is -0.330 e. The highest BCUT2D eigenvalue weighted by molar-refractivity contribution is 7.80. The van der Waals surface area contributed by atoms with Crippen LogP contribution in [-0.2, 0) is 6.42 Å². The molecule has 0 aliphatic heterocycles. The summed E-state index contributed by atoms with van der Waals surface area (Å²) in [7, 11) is 0. The van der Waals surface area contributed by atoms with Crippen molar-refractivity contribution in [3.05, 3.63) is 35.4 Å². The Morgan fingerprint density at radius 2 is 1.71 bits per heavy atom. The smallest absolute Gasteiger partial charge is 0.00166 e. The Kier molecular flexibility index (Phi) is 8.43. The molecule has 0 amide bonds. The average molecular weight is 308 g/mol. The van der Waals surface area contributed by atoms with Crippen LogP contribution in [0.1, 0.15) is 51.2 Å². The van der Waals surface area contributed by atoms with E-state index in [-0.39, 0.29) is 0 Å². The third-order valence-electron chi connectivity index (χ3n) is 4.90. The Bertz CT molecular complexity index is 385. The van der Waals surface area contributed by atoms with Crippen molar-refractivity contribution in [1.82, 2.24) is 0 Å². The highest BCUT2D eigenvalue weighted by Gasteiger charge is 2.19. The van der Waals surface area contributed by atoms with Crippen molar-refractivity contribution in [2.24, 2.45) is 23.5 Å². The summed E-state index contributed by atoms with van der Waals surface area (Å²) < 4.78 is 0. The molecule has 0 heterocycles. The molecule has 2 heteroatoms. The van der Waals surface area contributed by atoms with Crippen molar-refractivity contribution in [3.8, 4) is 0 Å². The first kappa shape index (κ1) is 18.6. The standard InChI is InChI=1S/C19H33NS/c1-14-8-10-18(11-9-14)6-5-7-19(13-20)12-15(2)16(3)17(4)21/h8-11,15-17,19,21H,5-7,12-13,20H2,1-4H3. The average Bonchev–Trinajstić information content (AvgIpc) is 2.47. The van der Waals surface area contributed by atoms with E-state index >= 15 is 0 Å². The zero-order valence-corrected chi connectivity index (χ0v) is 15.1. The van der Waals surface area contributed by atoms with E-state index in [0.29, 0.717) is 23.0 Å². The highest BCUT2D eigenvalue weighted by atomic mass is 32.1. The van der Waals surface area contributed by atoms with Gasteiger partial charge < -0.3 is 5.73 Å². The van der Waals surface area contributed by atoms with Crippen molar-refractivity contribution in [3.63, 3.8) is 0 Å². The number of hydrogen-bond donors (Lipinski definition) is 2. The van der Waals surface area contributed by atoms with Crippen molar-refractivity contribution < 1.29 is 0 Å². The molecule has 1 rings (SSSR count). The molecule has 0 saturated heterocycles. The lowest BCUT2D eigenvalue weighted by molar-refractivity contribution is 0.293. The van der Waals surface area contributed by atoms with Gasteiger partial charge in [-0.15, -0.1) is 0 Å². The van der Waals surface area contributed by atoms with E-state index in [1.165, 1.54) is 36.8 Å². The van der Waals surface area contributed by atoms with Crippen LogP contribution >= 0.6 is 12.6 Å². The largest absolute Gasteiger partial charge is 0.330 e. The Morgan fingerprint density at radius 1 is 1.10 bits per heavy atom. The Hall–Kier alpha value is -0.470. The number of benzene rings is 1. The maximum Gasteiger partial charge on any atom is 0.00166 e. The molecular weight excluding hydrogens is 274 g/mol. The van der Waals surface area contributed by atoms with Crippen LogP contribution in [0.5, 0.6) is 0 Å². The first-order chi connectivity index (χ1) is 9.93. The highest BCUT2D eigenvalue weighted by Crippen LogP contribution is 2.27. The molecule has 0 spiro atoms. The van der Waals surface area contributed by atoms with Gasteiger partial charge in [0.25, 0.3) is 0 Å². The normalized spacial score (nSPS) is 17.2. The molecule has 0 radical (unpaired) electrons. The predicted molar refractivity (Wildman–Crippen MR) is 98.1 cm³/mol. The number of nitrogens with two attached hydrogens (primary N) is 1. The van der Waals surface area contributed by atoms with Crippen LogP contribution in [0, 0.1) is 24.7 Å². The monoisotopic (exact) mass is 307 g/mol. The zero-order chi connectivity index (χ0) is 15.8. The van der Waals surface area contributed by atoms with E-state index in [0.717, 1.165) is 6.54 Å². The quantitative estimate of drug-likeness (QED) is 0.625.